The molecule has 1 amide bonds. The Balaban J connectivity index is 1.70. The zero-order valence-electron chi connectivity index (χ0n) is 11.8. The second-order valence-corrected chi connectivity index (χ2v) is 5.12. The molecule has 1 heterocycles. The van der Waals surface area contributed by atoms with E-state index in [0.717, 1.165) is 23.6 Å². The van der Waals surface area contributed by atoms with E-state index >= 15 is 0 Å². The molecule has 0 radical (unpaired) electrons. The smallest absolute Gasteiger partial charge is 0.255 e. The fourth-order valence-electron chi connectivity index (χ4n) is 2.05. The lowest BCUT2D eigenvalue weighted by Crippen LogP contribution is -2.12. The van der Waals surface area contributed by atoms with Crippen LogP contribution in [0.2, 0.25) is 0 Å². The molecule has 1 unspecified atom stereocenters. The van der Waals surface area contributed by atoms with Gasteiger partial charge in [0.15, 0.2) is 0 Å². The van der Waals surface area contributed by atoms with E-state index in [1.807, 2.05) is 43.3 Å². The zero-order chi connectivity index (χ0) is 14.7. The van der Waals surface area contributed by atoms with Crippen LogP contribution in [0.4, 0.5) is 5.69 Å². The summed E-state index contributed by atoms with van der Waals surface area (Å²) in [6.07, 6.45) is 0.216. The lowest BCUT2D eigenvalue weighted by Gasteiger charge is -2.10. The average molecular weight is 283 g/mol. The summed E-state index contributed by atoms with van der Waals surface area (Å²) < 4.78 is 10.8. The summed E-state index contributed by atoms with van der Waals surface area (Å²) in [4.78, 5) is 12.1. The van der Waals surface area contributed by atoms with E-state index in [0.29, 0.717) is 12.2 Å². The average Bonchev–Trinajstić information content (AvgIpc) is 3.30. The van der Waals surface area contributed by atoms with Crippen molar-refractivity contribution in [3.05, 3.63) is 59.7 Å². The van der Waals surface area contributed by atoms with Gasteiger partial charge >= 0.3 is 0 Å². The number of amides is 1. The van der Waals surface area contributed by atoms with Crippen LogP contribution in [0.15, 0.2) is 48.5 Å². The molecule has 1 aliphatic rings. The van der Waals surface area contributed by atoms with Crippen LogP contribution in [-0.2, 0) is 4.74 Å². The van der Waals surface area contributed by atoms with Gasteiger partial charge in [0.05, 0.1) is 6.61 Å². The highest BCUT2D eigenvalue weighted by Gasteiger charge is 2.23. The normalized spacial score (nSPS) is 16.3. The Kier molecular flexibility index (Phi) is 3.88. The summed E-state index contributed by atoms with van der Waals surface area (Å²) in [7, 11) is 0. The first-order valence-electron chi connectivity index (χ1n) is 6.93. The van der Waals surface area contributed by atoms with Crippen LogP contribution in [0.25, 0.3) is 0 Å². The van der Waals surface area contributed by atoms with Gasteiger partial charge < -0.3 is 14.8 Å². The molecule has 1 aliphatic heterocycles. The lowest BCUT2D eigenvalue weighted by atomic mass is 10.2. The predicted molar refractivity (Wildman–Crippen MR) is 80.8 cm³/mol. The van der Waals surface area contributed by atoms with Crippen molar-refractivity contribution in [1.29, 1.82) is 0 Å². The van der Waals surface area contributed by atoms with Crippen molar-refractivity contribution in [2.24, 2.45) is 0 Å². The largest absolute Gasteiger partial charge is 0.491 e. The standard InChI is InChI=1S/C17H17NO3/c1-12-7-14(9-15(8-12)20-10-16-11-21-16)18-17(19)13-5-3-2-4-6-13/h2-9,16H,10-11H2,1H3,(H,18,19). The van der Waals surface area contributed by atoms with Crippen LogP contribution in [0, 0.1) is 6.92 Å². The number of rotatable bonds is 5. The van der Waals surface area contributed by atoms with Crippen LogP contribution in [0.3, 0.4) is 0 Å². The van der Waals surface area contributed by atoms with Gasteiger partial charge in [-0.05, 0) is 36.8 Å². The minimum atomic E-state index is -0.127. The highest BCUT2D eigenvalue weighted by atomic mass is 16.6. The van der Waals surface area contributed by atoms with Crippen molar-refractivity contribution < 1.29 is 14.3 Å². The summed E-state index contributed by atoms with van der Waals surface area (Å²) in [6, 6.07) is 14.8. The van der Waals surface area contributed by atoms with Crippen molar-refractivity contribution in [3.8, 4) is 5.75 Å². The van der Waals surface area contributed by atoms with E-state index in [2.05, 4.69) is 5.32 Å². The molecule has 0 aliphatic carbocycles. The van der Waals surface area contributed by atoms with Gasteiger partial charge in [0.2, 0.25) is 0 Å². The van der Waals surface area contributed by atoms with Gasteiger partial charge in [-0.2, -0.15) is 0 Å². The molecule has 1 atom stereocenters. The maximum absolute atomic E-state index is 12.1. The number of ether oxygens (including phenoxy) is 2. The molecule has 2 aromatic rings. The summed E-state index contributed by atoms with van der Waals surface area (Å²) in [5, 5.41) is 2.89. The monoisotopic (exact) mass is 283 g/mol. The van der Waals surface area contributed by atoms with Crippen LogP contribution in [-0.4, -0.2) is 25.2 Å². The van der Waals surface area contributed by atoms with E-state index in [-0.39, 0.29) is 12.0 Å². The summed E-state index contributed by atoms with van der Waals surface area (Å²) in [6.45, 7) is 3.29. The fourth-order valence-corrected chi connectivity index (χ4v) is 2.05. The van der Waals surface area contributed by atoms with Gasteiger partial charge in [0.25, 0.3) is 5.91 Å². The van der Waals surface area contributed by atoms with E-state index in [1.54, 1.807) is 12.1 Å². The van der Waals surface area contributed by atoms with Crippen LogP contribution in [0.5, 0.6) is 5.75 Å². The molecule has 0 spiro atoms. The number of hydrogen-bond acceptors (Lipinski definition) is 3. The van der Waals surface area contributed by atoms with Gasteiger partial charge in [-0.15, -0.1) is 0 Å². The second-order valence-electron chi connectivity index (χ2n) is 5.12. The SMILES string of the molecule is Cc1cc(NC(=O)c2ccccc2)cc(OCC2CO2)c1. The maximum Gasteiger partial charge on any atom is 0.255 e. The second kappa shape index (κ2) is 5.97. The van der Waals surface area contributed by atoms with Gasteiger partial charge in [0.1, 0.15) is 18.5 Å². The number of hydrogen-bond donors (Lipinski definition) is 1. The quantitative estimate of drug-likeness (QED) is 0.858. The van der Waals surface area contributed by atoms with Gasteiger partial charge in [-0.1, -0.05) is 18.2 Å². The molecule has 0 saturated carbocycles. The molecule has 4 nitrogen and oxygen atoms in total. The summed E-state index contributed by atoms with van der Waals surface area (Å²) >= 11 is 0. The lowest BCUT2D eigenvalue weighted by molar-refractivity contribution is 0.102. The molecule has 0 aromatic heterocycles. The molecule has 1 fully saturated rings. The van der Waals surface area contributed by atoms with Gasteiger partial charge in [-0.25, -0.2) is 0 Å². The van der Waals surface area contributed by atoms with E-state index in [9.17, 15) is 4.79 Å². The number of aryl methyl sites for hydroxylation is 1. The molecular weight excluding hydrogens is 266 g/mol. The zero-order valence-corrected chi connectivity index (χ0v) is 11.8. The van der Waals surface area contributed by atoms with Crippen molar-refractivity contribution in [2.45, 2.75) is 13.0 Å². The first-order valence-corrected chi connectivity index (χ1v) is 6.93. The third-order valence-electron chi connectivity index (χ3n) is 3.18. The third-order valence-corrected chi connectivity index (χ3v) is 3.18. The van der Waals surface area contributed by atoms with Crippen molar-refractivity contribution in [3.63, 3.8) is 0 Å². The molecule has 2 aromatic carbocycles. The highest BCUT2D eigenvalue weighted by molar-refractivity contribution is 6.04. The van der Waals surface area contributed by atoms with Crippen molar-refractivity contribution in [2.75, 3.05) is 18.5 Å². The Morgan fingerprint density at radius 2 is 2.05 bits per heavy atom. The molecule has 1 N–H and O–H groups in total. The Labute approximate surface area is 123 Å². The molecular formula is C17H17NO3. The number of carbonyl (C=O) groups is 1. The Morgan fingerprint density at radius 3 is 2.76 bits per heavy atom. The number of benzene rings is 2. The Morgan fingerprint density at radius 1 is 1.29 bits per heavy atom. The van der Waals surface area contributed by atoms with E-state index in [4.69, 9.17) is 9.47 Å². The summed E-state index contributed by atoms with van der Waals surface area (Å²) in [5.74, 6) is 0.617. The Hall–Kier alpha value is -2.33. The van der Waals surface area contributed by atoms with Crippen LogP contribution >= 0.6 is 0 Å². The summed E-state index contributed by atoms with van der Waals surface area (Å²) in [5.41, 5.74) is 2.40. The fraction of sp³-hybridized carbons (Fsp3) is 0.235. The first-order chi connectivity index (χ1) is 10.2. The molecule has 21 heavy (non-hydrogen) atoms. The number of nitrogens with one attached hydrogen (secondary N) is 1. The Bertz CT molecular complexity index is 636. The topological polar surface area (TPSA) is 50.9 Å². The minimum absolute atomic E-state index is 0.127. The first kappa shape index (κ1) is 13.6. The van der Waals surface area contributed by atoms with Crippen molar-refractivity contribution >= 4 is 11.6 Å². The maximum atomic E-state index is 12.1. The number of epoxide rings is 1. The van der Waals surface area contributed by atoms with Crippen molar-refractivity contribution in [1.82, 2.24) is 0 Å². The third kappa shape index (κ3) is 3.83. The van der Waals surface area contributed by atoms with Gasteiger partial charge in [-0.3, -0.25) is 4.79 Å². The van der Waals surface area contributed by atoms with Crippen LogP contribution < -0.4 is 10.1 Å². The number of carbonyl (C=O) groups excluding carboxylic acids is 1. The predicted octanol–water partition coefficient (Wildman–Crippen LogP) is 3.02. The minimum Gasteiger partial charge on any atom is -0.491 e. The van der Waals surface area contributed by atoms with E-state index in [1.165, 1.54) is 0 Å². The van der Waals surface area contributed by atoms with E-state index < -0.39 is 0 Å². The molecule has 1 saturated heterocycles. The molecule has 3 rings (SSSR count). The van der Waals surface area contributed by atoms with Gasteiger partial charge in [0, 0.05) is 17.3 Å². The molecule has 4 heteroatoms. The number of anilines is 1. The van der Waals surface area contributed by atoms with Crippen LogP contribution in [0.1, 0.15) is 15.9 Å². The molecule has 0 bridgehead atoms. The highest BCUT2D eigenvalue weighted by Crippen LogP contribution is 2.22. The molecule has 108 valence electrons.